The van der Waals surface area contributed by atoms with Crippen LogP contribution in [-0.2, 0) is 13.6 Å². The fraction of sp³-hybridized carbons (Fsp3) is 0.750. The van der Waals surface area contributed by atoms with Gasteiger partial charge in [0, 0.05) is 13.2 Å². The normalized spacial score (nSPS) is 29.5. The van der Waals surface area contributed by atoms with Gasteiger partial charge in [0.05, 0.1) is 11.7 Å². The fourth-order valence-corrected chi connectivity index (χ4v) is 3.96. The molecule has 106 valence electrons. The Balaban J connectivity index is 1.48. The summed E-state index contributed by atoms with van der Waals surface area (Å²) in [6, 6.07) is 5.43. The van der Waals surface area contributed by atoms with Crippen LogP contribution < -0.4 is 9.80 Å². The molecule has 0 atom stereocenters. The van der Waals surface area contributed by atoms with Gasteiger partial charge in [0.2, 0.25) is 0 Å². The van der Waals surface area contributed by atoms with E-state index < -0.39 is 0 Å². The second kappa shape index (κ2) is 6.10. The van der Waals surface area contributed by atoms with Crippen molar-refractivity contribution in [1.82, 2.24) is 4.57 Å². The first-order valence-corrected chi connectivity index (χ1v) is 8.11. The van der Waals surface area contributed by atoms with Gasteiger partial charge in [0.1, 0.15) is 32.7 Å². The summed E-state index contributed by atoms with van der Waals surface area (Å²) in [6.07, 6.45) is 9.58. The van der Waals surface area contributed by atoms with Crippen LogP contribution in [0.25, 0.3) is 0 Å². The molecule has 1 aromatic heterocycles. The average molecular weight is 263 g/mol. The second-order valence-corrected chi connectivity index (χ2v) is 6.53. The molecule has 3 heteroatoms. The summed E-state index contributed by atoms with van der Waals surface area (Å²) >= 11 is 0. The van der Waals surface area contributed by atoms with E-state index in [2.05, 4.69) is 29.9 Å². The van der Waals surface area contributed by atoms with E-state index in [0.717, 1.165) is 6.04 Å². The van der Waals surface area contributed by atoms with Crippen LogP contribution >= 0.6 is 0 Å². The Hall–Kier alpha value is -0.800. The maximum absolute atomic E-state index is 2.27. The van der Waals surface area contributed by atoms with Gasteiger partial charge < -0.3 is 14.4 Å². The Kier molecular flexibility index (Phi) is 4.24. The molecule has 0 aromatic carbocycles. The minimum absolute atomic E-state index is 0.991. The molecule has 0 unspecified atom stereocenters. The van der Waals surface area contributed by atoms with Gasteiger partial charge in [-0.3, -0.25) is 0 Å². The van der Waals surface area contributed by atoms with Crippen LogP contribution in [0.15, 0.2) is 18.3 Å². The maximum Gasteiger partial charge on any atom is 0.127 e. The van der Waals surface area contributed by atoms with Gasteiger partial charge in [-0.25, -0.2) is 0 Å². The molecule has 1 saturated carbocycles. The first-order valence-electron chi connectivity index (χ1n) is 8.11. The van der Waals surface area contributed by atoms with Gasteiger partial charge in [-0.1, -0.05) is 6.42 Å². The predicted octanol–water partition coefficient (Wildman–Crippen LogP) is -0.359. The standard InChI is InChI=1S/C16H27N3/c1-17-9-5-8-16(17)14-18-10-12-19(13-11-18)15-6-3-2-4-7-15/h5,8-9,15H,2-4,6-7,10-14H2,1H3/p+2. The summed E-state index contributed by atoms with van der Waals surface area (Å²) in [5.74, 6) is 0. The lowest BCUT2D eigenvalue weighted by Gasteiger charge is -2.36. The van der Waals surface area contributed by atoms with Crippen molar-refractivity contribution in [3.63, 3.8) is 0 Å². The zero-order valence-corrected chi connectivity index (χ0v) is 12.3. The molecule has 1 aromatic rings. The average Bonchev–Trinajstić information content (AvgIpc) is 2.86. The number of piperazine rings is 1. The molecule has 1 saturated heterocycles. The number of quaternary nitrogens is 2. The SMILES string of the molecule is Cn1cccc1C[NH+]1CC[NH+](C2CCCCC2)CC1. The van der Waals surface area contributed by atoms with E-state index in [1.807, 2.05) is 4.90 Å². The number of nitrogens with zero attached hydrogens (tertiary/aromatic N) is 1. The Morgan fingerprint density at radius 1 is 1.11 bits per heavy atom. The molecule has 2 aliphatic rings. The molecule has 0 radical (unpaired) electrons. The summed E-state index contributed by atoms with van der Waals surface area (Å²) in [6.45, 7) is 6.71. The number of rotatable bonds is 3. The number of nitrogens with one attached hydrogen (secondary N) is 2. The van der Waals surface area contributed by atoms with Crippen LogP contribution in [0.3, 0.4) is 0 Å². The summed E-state index contributed by atoms with van der Waals surface area (Å²) < 4.78 is 2.27. The largest absolute Gasteiger partial charge is 0.350 e. The van der Waals surface area contributed by atoms with Gasteiger partial charge in [0.25, 0.3) is 0 Å². The highest BCUT2D eigenvalue weighted by Gasteiger charge is 2.30. The lowest BCUT2D eigenvalue weighted by molar-refractivity contribution is -1.03. The van der Waals surface area contributed by atoms with Gasteiger partial charge in [-0.15, -0.1) is 0 Å². The van der Waals surface area contributed by atoms with Crippen molar-refractivity contribution in [2.24, 2.45) is 7.05 Å². The van der Waals surface area contributed by atoms with Crippen LogP contribution in [-0.4, -0.2) is 36.8 Å². The van der Waals surface area contributed by atoms with Crippen LogP contribution in [0.2, 0.25) is 0 Å². The number of aryl methyl sites for hydroxylation is 1. The zero-order chi connectivity index (χ0) is 13.1. The van der Waals surface area contributed by atoms with E-state index in [9.17, 15) is 0 Å². The van der Waals surface area contributed by atoms with Crippen molar-refractivity contribution in [2.75, 3.05) is 26.2 Å². The first-order chi connectivity index (χ1) is 9.33. The van der Waals surface area contributed by atoms with Gasteiger partial charge in [0.15, 0.2) is 0 Å². The van der Waals surface area contributed by atoms with Crippen LogP contribution in [0.1, 0.15) is 37.8 Å². The summed E-state index contributed by atoms with van der Waals surface area (Å²) in [4.78, 5) is 3.69. The second-order valence-electron chi connectivity index (χ2n) is 6.53. The number of hydrogen-bond acceptors (Lipinski definition) is 0. The lowest BCUT2D eigenvalue weighted by atomic mass is 9.94. The summed E-state index contributed by atoms with van der Waals surface area (Å²) in [5.41, 5.74) is 1.48. The smallest absolute Gasteiger partial charge is 0.127 e. The molecular weight excluding hydrogens is 234 g/mol. The van der Waals surface area contributed by atoms with Crippen molar-refractivity contribution >= 4 is 0 Å². The van der Waals surface area contributed by atoms with Gasteiger partial charge in [-0.05, 0) is 37.8 Å². The van der Waals surface area contributed by atoms with Crippen LogP contribution in [0, 0.1) is 0 Å². The number of hydrogen-bond donors (Lipinski definition) is 2. The molecule has 0 amide bonds. The van der Waals surface area contributed by atoms with Crippen molar-refractivity contribution in [3.8, 4) is 0 Å². The molecule has 2 fully saturated rings. The van der Waals surface area contributed by atoms with E-state index in [-0.39, 0.29) is 0 Å². The van der Waals surface area contributed by atoms with E-state index in [1.165, 1.54) is 70.5 Å². The molecule has 1 aliphatic carbocycles. The minimum atomic E-state index is 0.991. The van der Waals surface area contributed by atoms with Gasteiger partial charge in [-0.2, -0.15) is 0 Å². The maximum atomic E-state index is 2.27. The van der Waals surface area contributed by atoms with E-state index >= 15 is 0 Å². The molecule has 2 N–H and O–H groups in total. The van der Waals surface area contributed by atoms with Crippen molar-refractivity contribution in [1.29, 1.82) is 0 Å². The monoisotopic (exact) mass is 263 g/mol. The van der Waals surface area contributed by atoms with E-state index in [0.29, 0.717) is 0 Å². The topological polar surface area (TPSA) is 13.8 Å². The third kappa shape index (κ3) is 3.21. The predicted molar refractivity (Wildman–Crippen MR) is 77.4 cm³/mol. The molecule has 1 aliphatic heterocycles. The summed E-state index contributed by atoms with van der Waals surface area (Å²) in [7, 11) is 2.16. The third-order valence-corrected chi connectivity index (χ3v) is 5.26. The molecule has 3 rings (SSSR count). The Morgan fingerprint density at radius 2 is 1.84 bits per heavy atom. The van der Waals surface area contributed by atoms with Gasteiger partial charge >= 0.3 is 0 Å². The summed E-state index contributed by atoms with van der Waals surface area (Å²) in [5, 5.41) is 0. The minimum Gasteiger partial charge on any atom is -0.350 e. The van der Waals surface area contributed by atoms with E-state index in [4.69, 9.17) is 0 Å². The molecule has 19 heavy (non-hydrogen) atoms. The molecule has 0 bridgehead atoms. The quantitative estimate of drug-likeness (QED) is 0.740. The Bertz CT molecular complexity index is 384. The highest BCUT2D eigenvalue weighted by atomic mass is 15.3. The van der Waals surface area contributed by atoms with Crippen LogP contribution in [0.5, 0.6) is 0 Å². The Morgan fingerprint density at radius 3 is 2.47 bits per heavy atom. The van der Waals surface area contributed by atoms with Crippen molar-refractivity contribution < 1.29 is 9.80 Å². The fourth-order valence-electron chi connectivity index (χ4n) is 3.96. The first kappa shape index (κ1) is 13.2. The molecule has 3 nitrogen and oxygen atoms in total. The lowest BCUT2D eigenvalue weighted by Crippen LogP contribution is -3.29. The van der Waals surface area contributed by atoms with E-state index in [1.54, 1.807) is 4.90 Å². The van der Waals surface area contributed by atoms with Crippen molar-refractivity contribution in [2.45, 2.75) is 44.7 Å². The molecule has 2 heterocycles. The van der Waals surface area contributed by atoms with Crippen LogP contribution in [0.4, 0.5) is 0 Å². The zero-order valence-electron chi connectivity index (χ0n) is 12.3. The third-order valence-electron chi connectivity index (χ3n) is 5.26. The highest BCUT2D eigenvalue weighted by molar-refractivity contribution is 5.04. The highest BCUT2D eigenvalue weighted by Crippen LogP contribution is 2.15. The van der Waals surface area contributed by atoms with Crippen molar-refractivity contribution in [3.05, 3.63) is 24.0 Å². The number of aromatic nitrogens is 1. The molecule has 0 spiro atoms. The Labute approximate surface area is 117 Å². The molecular formula is C16H29N3+2.